The van der Waals surface area contributed by atoms with E-state index in [-0.39, 0.29) is 5.91 Å². The van der Waals surface area contributed by atoms with Gasteiger partial charge in [-0.2, -0.15) is 11.8 Å². The van der Waals surface area contributed by atoms with E-state index in [9.17, 15) is 14.7 Å². The summed E-state index contributed by atoms with van der Waals surface area (Å²) >= 11 is 1.62. The predicted molar refractivity (Wildman–Crippen MR) is 77.7 cm³/mol. The fourth-order valence-corrected chi connectivity index (χ4v) is 4.85. The third-order valence-corrected chi connectivity index (χ3v) is 5.79. The van der Waals surface area contributed by atoms with Crippen molar-refractivity contribution in [1.29, 1.82) is 0 Å². The summed E-state index contributed by atoms with van der Waals surface area (Å²) in [7, 11) is 0. The van der Waals surface area contributed by atoms with Crippen molar-refractivity contribution in [3.8, 4) is 0 Å². The maximum atomic E-state index is 12.4. The number of aliphatic carboxylic acids is 1. The molecule has 0 aromatic heterocycles. The summed E-state index contributed by atoms with van der Waals surface area (Å²) in [6.45, 7) is 0.582. The second-order valence-electron chi connectivity index (χ2n) is 6.20. The molecule has 1 amide bonds. The Hall–Kier alpha value is -0.750. The maximum absolute atomic E-state index is 12.4. The number of carbonyl (C=O) groups is 2. The molecule has 3 unspecified atom stereocenters. The highest BCUT2D eigenvalue weighted by molar-refractivity contribution is 7.99. The Morgan fingerprint density at radius 1 is 1.25 bits per heavy atom. The smallest absolute Gasteiger partial charge is 0.327 e. The van der Waals surface area contributed by atoms with Crippen LogP contribution in [0.2, 0.25) is 0 Å². The number of carbonyl (C=O) groups excluding carboxylic acids is 1. The first-order valence-corrected chi connectivity index (χ1v) is 8.65. The van der Waals surface area contributed by atoms with E-state index in [1.807, 2.05) is 0 Å². The number of nitrogens with zero attached hydrogens (tertiary/aromatic N) is 1. The molecule has 3 heterocycles. The Kier molecular flexibility index (Phi) is 4.21. The van der Waals surface area contributed by atoms with Crippen molar-refractivity contribution in [3.63, 3.8) is 0 Å². The minimum Gasteiger partial charge on any atom is -0.480 e. The van der Waals surface area contributed by atoms with E-state index in [1.165, 1.54) is 12.8 Å². The molecule has 5 nitrogen and oxygen atoms in total. The molecule has 0 aromatic carbocycles. The van der Waals surface area contributed by atoms with Crippen molar-refractivity contribution in [2.45, 2.75) is 50.2 Å². The first-order chi connectivity index (χ1) is 9.63. The number of rotatable bonds is 3. The van der Waals surface area contributed by atoms with Crippen LogP contribution in [0.4, 0.5) is 0 Å². The third-order valence-electron chi connectivity index (χ3n) is 4.77. The molecule has 6 heteroatoms. The summed E-state index contributed by atoms with van der Waals surface area (Å²) < 4.78 is 0. The number of hydrogen-bond acceptors (Lipinski definition) is 4. The van der Waals surface area contributed by atoms with Crippen LogP contribution in [0.1, 0.15) is 32.1 Å². The van der Waals surface area contributed by atoms with Crippen molar-refractivity contribution in [3.05, 3.63) is 0 Å². The van der Waals surface area contributed by atoms with Crippen LogP contribution in [0.5, 0.6) is 0 Å². The summed E-state index contributed by atoms with van der Waals surface area (Å²) in [4.78, 5) is 25.3. The Morgan fingerprint density at radius 2 is 1.95 bits per heavy atom. The molecule has 3 rings (SSSR count). The van der Waals surface area contributed by atoms with Gasteiger partial charge in [0, 0.05) is 36.6 Å². The van der Waals surface area contributed by atoms with Crippen LogP contribution < -0.4 is 5.32 Å². The lowest BCUT2D eigenvalue weighted by atomic mass is 9.89. The molecule has 3 saturated heterocycles. The molecule has 0 radical (unpaired) electrons. The number of carboxylic acids is 1. The van der Waals surface area contributed by atoms with Gasteiger partial charge in [0.05, 0.1) is 0 Å². The zero-order chi connectivity index (χ0) is 14.1. The molecule has 3 aliphatic heterocycles. The number of hydrogen-bond donors (Lipinski definition) is 2. The molecule has 0 spiro atoms. The van der Waals surface area contributed by atoms with E-state index in [1.54, 1.807) is 16.7 Å². The zero-order valence-corrected chi connectivity index (χ0v) is 12.4. The highest BCUT2D eigenvalue weighted by Gasteiger charge is 2.37. The second kappa shape index (κ2) is 5.93. The molecular weight excluding hydrogens is 276 g/mol. The normalized spacial score (nSPS) is 36.9. The number of nitrogens with one attached hydrogen (secondary N) is 1. The Labute approximate surface area is 123 Å². The van der Waals surface area contributed by atoms with Crippen LogP contribution in [-0.2, 0) is 9.59 Å². The van der Waals surface area contributed by atoms with E-state index in [2.05, 4.69) is 5.32 Å². The number of fused-ring (bicyclic) bond motifs is 2. The van der Waals surface area contributed by atoms with E-state index < -0.39 is 12.0 Å². The van der Waals surface area contributed by atoms with Crippen molar-refractivity contribution >= 4 is 23.6 Å². The molecule has 0 saturated carbocycles. The molecule has 20 heavy (non-hydrogen) atoms. The molecule has 3 atom stereocenters. The van der Waals surface area contributed by atoms with Crippen molar-refractivity contribution in [1.82, 2.24) is 10.2 Å². The van der Waals surface area contributed by atoms with Gasteiger partial charge in [0.15, 0.2) is 0 Å². The number of piperidine rings is 1. The molecule has 3 fully saturated rings. The van der Waals surface area contributed by atoms with Crippen LogP contribution in [0.3, 0.4) is 0 Å². The van der Waals surface area contributed by atoms with Gasteiger partial charge in [-0.1, -0.05) is 0 Å². The second-order valence-corrected chi connectivity index (χ2v) is 7.35. The highest BCUT2D eigenvalue weighted by Crippen LogP contribution is 2.33. The van der Waals surface area contributed by atoms with Crippen LogP contribution in [-0.4, -0.2) is 58.1 Å². The minimum atomic E-state index is -0.865. The zero-order valence-electron chi connectivity index (χ0n) is 11.6. The highest BCUT2D eigenvalue weighted by atomic mass is 32.2. The fourth-order valence-electron chi connectivity index (χ4n) is 3.81. The predicted octanol–water partition coefficient (Wildman–Crippen LogP) is 0.936. The Bertz CT molecular complexity index is 392. The van der Waals surface area contributed by atoms with Gasteiger partial charge in [-0.05, 0) is 31.6 Å². The standard InChI is InChI=1S/C14H22N2O3S/c17-13(16-3-4-20-8-12(16)14(18)19)7-9-5-10-1-2-11(6-9)15-10/h9-12,15H,1-8H2,(H,18,19). The van der Waals surface area contributed by atoms with E-state index >= 15 is 0 Å². The number of thioether (sulfide) groups is 1. The lowest BCUT2D eigenvalue weighted by Gasteiger charge is -2.35. The average molecular weight is 298 g/mol. The molecule has 112 valence electrons. The third kappa shape index (κ3) is 2.96. The van der Waals surface area contributed by atoms with Crippen LogP contribution in [0.25, 0.3) is 0 Å². The molecule has 2 bridgehead atoms. The van der Waals surface area contributed by atoms with Crippen LogP contribution in [0.15, 0.2) is 0 Å². The topological polar surface area (TPSA) is 69.6 Å². The van der Waals surface area contributed by atoms with Crippen molar-refractivity contribution in [2.75, 3.05) is 18.1 Å². The largest absolute Gasteiger partial charge is 0.480 e. The fraction of sp³-hybridized carbons (Fsp3) is 0.857. The lowest BCUT2D eigenvalue weighted by molar-refractivity contribution is -0.149. The van der Waals surface area contributed by atoms with Gasteiger partial charge in [-0.25, -0.2) is 4.79 Å². The Balaban J connectivity index is 1.59. The van der Waals surface area contributed by atoms with Crippen molar-refractivity contribution in [2.24, 2.45) is 5.92 Å². The molecule has 0 aliphatic carbocycles. The van der Waals surface area contributed by atoms with Gasteiger partial charge in [-0.3, -0.25) is 4.79 Å². The molecule has 3 aliphatic rings. The van der Waals surface area contributed by atoms with E-state index in [0.717, 1.165) is 18.6 Å². The van der Waals surface area contributed by atoms with E-state index in [4.69, 9.17) is 0 Å². The van der Waals surface area contributed by atoms with E-state index in [0.29, 0.717) is 36.7 Å². The van der Waals surface area contributed by atoms with Gasteiger partial charge < -0.3 is 15.3 Å². The molecular formula is C14H22N2O3S. The van der Waals surface area contributed by atoms with Gasteiger partial charge in [-0.15, -0.1) is 0 Å². The number of carboxylic acid groups (broad SMARTS) is 1. The SMILES string of the molecule is O=C(O)C1CSCCN1C(=O)CC1CC2CCC(C1)N2. The van der Waals surface area contributed by atoms with Crippen LogP contribution in [0, 0.1) is 5.92 Å². The quantitative estimate of drug-likeness (QED) is 0.811. The maximum Gasteiger partial charge on any atom is 0.327 e. The van der Waals surface area contributed by atoms with Crippen LogP contribution >= 0.6 is 11.8 Å². The summed E-state index contributed by atoms with van der Waals surface area (Å²) in [5.74, 6) is 0.996. The average Bonchev–Trinajstić information content (AvgIpc) is 2.78. The summed E-state index contributed by atoms with van der Waals surface area (Å²) in [6, 6.07) is 0.539. The van der Waals surface area contributed by atoms with Gasteiger partial charge in [0.25, 0.3) is 0 Å². The summed E-state index contributed by atoms with van der Waals surface area (Å²) in [5, 5.41) is 12.8. The number of amides is 1. The van der Waals surface area contributed by atoms with Gasteiger partial charge >= 0.3 is 5.97 Å². The van der Waals surface area contributed by atoms with Gasteiger partial charge in [0.1, 0.15) is 6.04 Å². The summed E-state index contributed by atoms with van der Waals surface area (Å²) in [5.41, 5.74) is 0. The first-order valence-electron chi connectivity index (χ1n) is 7.49. The monoisotopic (exact) mass is 298 g/mol. The van der Waals surface area contributed by atoms with Crippen molar-refractivity contribution < 1.29 is 14.7 Å². The Morgan fingerprint density at radius 3 is 2.60 bits per heavy atom. The minimum absolute atomic E-state index is 0.0454. The molecule has 2 N–H and O–H groups in total. The summed E-state index contributed by atoms with van der Waals surface area (Å²) in [6.07, 6.45) is 5.13. The first kappa shape index (κ1) is 14.2. The molecule has 0 aromatic rings. The van der Waals surface area contributed by atoms with Gasteiger partial charge in [0.2, 0.25) is 5.91 Å². The lowest BCUT2D eigenvalue weighted by Crippen LogP contribution is -2.51.